The van der Waals surface area contributed by atoms with Crippen LogP contribution in [0.3, 0.4) is 0 Å². The lowest BCUT2D eigenvalue weighted by Crippen LogP contribution is -2.30. The molecule has 2 aromatic heterocycles. The van der Waals surface area contributed by atoms with Crippen molar-refractivity contribution >= 4 is 5.91 Å². The molecule has 0 spiro atoms. The number of hydrogen-bond acceptors (Lipinski definition) is 4. The predicted molar refractivity (Wildman–Crippen MR) is 85.3 cm³/mol. The summed E-state index contributed by atoms with van der Waals surface area (Å²) in [5, 5.41) is 10.6. The van der Waals surface area contributed by atoms with Crippen LogP contribution < -0.4 is 10.7 Å². The lowest BCUT2D eigenvalue weighted by atomic mass is 10.2. The maximum atomic E-state index is 12.4. The largest absolute Gasteiger partial charge is 0.348 e. The summed E-state index contributed by atoms with van der Waals surface area (Å²) in [4.78, 5) is 24.5. The Labute approximate surface area is 134 Å². The molecule has 1 aliphatic carbocycles. The fourth-order valence-electron chi connectivity index (χ4n) is 2.64. The van der Waals surface area contributed by atoms with Crippen molar-refractivity contribution in [3.05, 3.63) is 45.9 Å². The van der Waals surface area contributed by atoms with Crippen LogP contribution in [0.1, 0.15) is 60.6 Å². The van der Waals surface area contributed by atoms with Crippen LogP contribution in [0.25, 0.3) is 0 Å². The number of carbonyl (C=O) groups excluding carboxylic acids is 1. The molecule has 2 heterocycles. The van der Waals surface area contributed by atoms with E-state index in [0.717, 1.165) is 18.5 Å². The van der Waals surface area contributed by atoms with Crippen LogP contribution in [0, 0.1) is 6.92 Å². The smallest absolute Gasteiger partial charge is 0.257 e. The van der Waals surface area contributed by atoms with Gasteiger partial charge in [0.05, 0.1) is 6.54 Å². The summed E-state index contributed by atoms with van der Waals surface area (Å²) in [5.74, 6) is 0.297. The molecule has 1 aliphatic rings. The van der Waals surface area contributed by atoms with E-state index in [4.69, 9.17) is 0 Å². The Morgan fingerprint density at radius 2 is 2.17 bits per heavy atom. The third-order valence-electron chi connectivity index (χ3n) is 4.08. The summed E-state index contributed by atoms with van der Waals surface area (Å²) in [5.41, 5.74) is 0.828. The van der Waals surface area contributed by atoms with Crippen molar-refractivity contribution < 1.29 is 4.79 Å². The van der Waals surface area contributed by atoms with Crippen molar-refractivity contribution in [1.82, 2.24) is 24.6 Å². The van der Waals surface area contributed by atoms with Gasteiger partial charge in [0.15, 0.2) is 11.3 Å². The van der Waals surface area contributed by atoms with Gasteiger partial charge in [0.25, 0.3) is 5.91 Å². The Morgan fingerprint density at radius 1 is 1.43 bits per heavy atom. The van der Waals surface area contributed by atoms with Crippen LogP contribution >= 0.6 is 0 Å². The molecule has 0 bridgehead atoms. The number of pyridine rings is 1. The van der Waals surface area contributed by atoms with Crippen molar-refractivity contribution in [3.8, 4) is 0 Å². The van der Waals surface area contributed by atoms with Crippen molar-refractivity contribution in [1.29, 1.82) is 0 Å². The minimum Gasteiger partial charge on any atom is -0.348 e. The van der Waals surface area contributed by atoms with Crippen molar-refractivity contribution in [3.63, 3.8) is 0 Å². The number of aryl methyl sites for hydroxylation is 1. The van der Waals surface area contributed by atoms with E-state index in [1.54, 1.807) is 12.5 Å². The van der Waals surface area contributed by atoms with Gasteiger partial charge in [-0.3, -0.25) is 9.59 Å². The molecule has 122 valence electrons. The van der Waals surface area contributed by atoms with Crippen molar-refractivity contribution in [2.45, 2.75) is 52.2 Å². The monoisotopic (exact) mass is 315 g/mol. The highest BCUT2D eigenvalue weighted by Gasteiger charge is 2.25. The second-order valence-corrected chi connectivity index (χ2v) is 6.26. The summed E-state index contributed by atoms with van der Waals surface area (Å²) >= 11 is 0. The van der Waals surface area contributed by atoms with Crippen molar-refractivity contribution in [2.24, 2.45) is 0 Å². The number of aromatic nitrogens is 4. The average Bonchev–Trinajstić information content (AvgIpc) is 3.21. The molecule has 0 unspecified atom stereocenters. The number of amides is 1. The molecule has 0 radical (unpaired) electrons. The summed E-state index contributed by atoms with van der Waals surface area (Å²) in [6.45, 7) is 6.17. The molecular formula is C16H21N5O2. The minimum absolute atomic E-state index is 0.179. The van der Waals surface area contributed by atoms with E-state index in [1.165, 1.54) is 6.07 Å². The summed E-state index contributed by atoms with van der Waals surface area (Å²) in [7, 11) is 0. The second kappa shape index (κ2) is 5.98. The number of carbonyl (C=O) groups is 1. The van der Waals surface area contributed by atoms with Crippen LogP contribution in [-0.4, -0.2) is 25.2 Å². The maximum Gasteiger partial charge on any atom is 0.257 e. The average molecular weight is 315 g/mol. The molecule has 0 saturated heterocycles. The van der Waals surface area contributed by atoms with Gasteiger partial charge in [-0.25, -0.2) is 0 Å². The zero-order valence-electron chi connectivity index (χ0n) is 13.6. The molecule has 1 saturated carbocycles. The van der Waals surface area contributed by atoms with Gasteiger partial charge in [0, 0.05) is 30.0 Å². The SMILES string of the molecule is Cc1cc(=O)c(C(=O)NCc2nncn2C(C)C)cn1C1CC1. The number of rotatable bonds is 5. The summed E-state index contributed by atoms with van der Waals surface area (Å²) in [6, 6.07) is 2.17. The Balaban J connectivity index is 1.77. The van der Waals surface area contributed by atoms with Gasteiger partial charge in [-0.1, -0.05) is 0 Å². The quantitative estimate of drug-likeness (QED) is 0.908. The van der Waals surface area contributed by atoms with Gasteiger partial charge in [-0.2, -0.15) is 0 Å². The Morgan fingerprint density at radius 3 is 2.83 bits per heavy atom. The van der Waals surface area contributed by atoms with Gasteiger partial charge in [0.1, 0.15) is 11.9 Å². The molecular weight excluding hydrogens is 294 g/mol. The maximum absolute atomic E-state index is 12.4. The molecule has 1 fully saturated rings. The topological polar surface area (TPSA) is 81.8 Å². The lowest BCUT2D eigenvalue weighted by molar-refractivity contribution is 0.0947. The van der Waals surface area contributed by atoms with Crippen LogP contribution in [0.5, 0.6) is 0 Å². The van der Waals surface area contributed by atoms with Crippen LogP contribution in [-0.2, 0) is 6.54 Å². The molecule has 23 heavy (non-hydrogen) atoms. The van der Waals surface area contributed by atoms with E-state index in [0.29, 0.717) is 11.9 Å². The van der Waals surface area contributed by atoms with Crippen LogP contribution in [0.15, 0.2) is 23.4 Å². The standard InChI is InChI=1S/C16H21N5O2/c1-10(2)21-9-18-19-15(21)7-17-16(23)13-8-20(12-4-5-12)11(3)6-14(13)22/h6,8-10,12H,4-5,7H2,1-3H3,(H,17,23). The third-order valence-corrected chi connectivity index (χ3v) is 4.08. The van der Waals surface area contributed by atoms with Gasteiger partial charge < -0.3 is 14.5 Å². The molecule has 3 rings (SSSR count). The third kappa shape index (κ3) is 3.18. The molecule has 0 aromatic carbocycles. The fraction of sp³-hybridized carbons (Fsp3) is 0.500. The van der Waals surface area contributed by atoms with E-state index in [2.05, 4.69) is 15.5 Å². The number of nitrogens with one attached hydrogen (secondary N) is 1. The van der Waals surface area contributed by atoms with Gasteiger partial charge in [0.2, 0.25) is 0 Å². The van der Waals surface area contributed by atoms with Crippen LogP contribution in [0.2, 0.25) is 0 Å². The van der Waals surface area contributed by atoms with Gasteiger partial charge >= 0.3 is 0 Å². The highest BCUT2D eigenvalue weighted by molar-refractivity contribution is 5.93. The summed E-state index contributed by atoms with van der Waals surface area (Å²) in [6.07, 6.45) is 5.51. The van der Waals surface area contributed by atoms with Gasteiger partial charge in [-0.15, -0.1) is 10.2 Å². The fourth-order valence-corrected chi connectivity index (χ4v) is 2.64. The highest BCUT2D eigenvalue weighted by Crippen LogP contribution is 2.35. The zero-order valence-corrected chi connectivity index (χ0v) is 13.6. The molecule has 7 nitrogen and oxygen atoms in total. The Bertz CT molecular complexity index is 786. The minimum atomic E-state index is -0.372. The van der Waals surface area contributed by atoms with E-state index in [9.17, 15) is 9.59 Å². The Kier molecular flexibility index (Phi) is 4.02. The first kappa shape index (κ1) is 15.5. The molecule has 7 heteroatoms. The first-order chi connectivity index (χ1) is 11.0. The van der Waals surface area contributed by atoms with E-state index < -0.39 is 0 Å². The molecule has 0 atom stereocenters. The molecule has 1 amide bonds. The number of hydrogen-bond donors (Lipinski definition) is 1. The number of nitrogens with zero attached hydrogens (tertiary/aromatic N) is 4. The first-order valence-electron chi connectivity index (χ1n) is 7.86. The predicted octanol–water partition coefficient (Wildman–Crippen LogP) is 1.59. The normalized spacial score (nSPS) is 14.3. The van der Waals surface area contributed by atoms with Crippen molar-refractivity contribution in [2.75, 3.05) is 0 Å². The summed E-state index contributed by atoms with van der Waals surface area (Å²) < 4.78 is 3.91. The first-order valence-corrected chi connectivity index (χ1v) is 7.86. The second-order valence-electron chi connectivity index (χ2n) is 6.26. The molecule has 2 aromatic rings. The lowest BCUT2D eigenvalue weighted by Gasteiger charge is -2.13. The van der Waals surface area contributed by atoms with E-state index in [1.807, 2.05) is 29.9 Å². The zero-order chi connectivity index (χ0) is 16.6. The van der Waals surface area contributed by atoms with Gasteiger partial charge in [-0.05, 0) is 33.6 Å². The molecule has 1 N–H and O–H groups in total. The Hall–Kier alpha value is -2.44. The van der Waals surface area contributed by atoms with E-state index in [-0.39, 0.29) is 29.5 Å². The van der Waals surface area contributed by atoms with E-state index >= 15 is 0 Å². The highest BCUT2D eigenvalue weighted by atomic mass is 16.2. The van der Waals surface area contributed by atoms with Crippen LogP contribution in [0.4, 0.5) is 0 Å². The molecule has 0 aliphatic heterocycles.